The Morgan fingerprint density at radius 3 is 2.67 bits per heavy atom. The zero-order chi connectivity index (χ0) is 9.41. The first-order chi connectivity index (χ1) is 5.33. The fourth-order valence-corrected chi connectivity index (χ4v) is 1.42. The fraction of sp³-hybridized carbons (Fsp3) is 0.500. The van der Waals surface area contributed by atoms with Crippen molar-refractivity contribution in [1.29, 1.82) is 0 Å². The molecule has 8 heteroatoms. The van der Waals surface area contributed by atoms with Crippen LogP contribution in [0.3, 0.4) is 0 Å². The second kappa shape index (κ2) is 2.90. The van der Waals surface area contributed by atoms with E-state index in [1.165, 1.54) is 6.92 Å². The molecule has 0 saturated heterocycles. The summed E-state index contributed by atoms with van der Waals surface area (Å²) in [5, 5.41) is 6.82. The molecule has 0 aliphatic carbocycles. The summed E-state index contributed by atoms with van der Waals surface area (Å²) in [5.74, 6) is 0. The van der Waals surface area contributed by atoms with Crippen LogP contribution in [0, 0.1) is 0 Å². The summed E-state index contributed by atoms with van der Waals surface area (Å²) in [7, 11) is -4.60. The Morgan fingerprint density at radius 1 is 1.75 bits per heavy atom. The molecule has 0 spiro atoms. The predicted octanol–water partition coefficient (Wildman–Crippen LogP) is 1.36. The minimum absolute atomic E-state index is 0.0332. The van der Waals surface area contributed by atoms with E-state index in [0.717, 1.165) is 6.20 Å². The van der Waals surface area contributed by atoms with Crippen LogP contribution >= 0.6 is 19.4 Å². The van der Waals surface area contributed by atoms with Crippen LogP contribution in [-0.4, -0.2) is 15.5 Å². The minimum atomic E-state index is -4.60. The average Bonchev–Trinajstić information content (AvgIpc) is 2.08. The van der Waals surface area contributed by atoms with Gasteiger partial charge >= 0.3 is 7.82 Å². The van der Waals surface area contributed by atoms with Crippen molar-refractivity contribution in [3.63, 3.8) is 0 Å². The molecule has 1 unspecified atom stereocenters. The van der Waals surface area contributed by atoms with Gasteiger partial charge in [-0.15, -0.1) is 5.11 Å². The smallest absolute Gasteiger partial charge is 0.303 e. The van der Waals surface area contributed by atoms with Crippen molar-refractivity contribution in [1.82, 2.24) is 0 Å². The Morgan fingerprint density at radius 2 is 2.33 bits per heavy atom. The number of phosphoric acid groups is 1. The normalized spacial score (nSPS) is 29.2. The molecule has 0 saturated carbocycles. The highest BCUT2D eigenvalue weighted by Gasteiger charge is 2.39. The lowest BCUT2D eigenvalue weighted by atomic mass is 10.3. The number of rotatable bonds is 2. The molecule has 0 fully saturated rings. The number of hydrogen-bond donors (Lipinski definition) is 2. The second-order valence-corrected chi connectivity index (χ2v) is 3.83. The molecule has 0 amide bonds. The van der Waals surface area contributed by atoms with E-state index in [-0.39, 0.29) is 5.03 Å². The van der Waals surface area contributed by atoms with E-state index in [0.29, 0.717) is 0 Å². The zero-order valence-corrected chi connectivity index (χ0v) is 7.66. The van der Waals surface area contributed by atoms with Gasteiger partial charge in [0.05, 0.1) is 11.2 Å². The molecule has 0 aromatic heterocycles. The maximum absolute atomic E-state index is 10.4. The number of nitrogens with zero attached hydrogens (tertiary/aromatic N) is 2. The van der Waals surface area contributed by atoms with Gasteiger partial charge in [-0.1, -0.05) is 11.6 Å². The first-order valence-corrected chi connectivity index (χ1v) is 4.79. The quantitative estimate of drug-likeness (QED) is 0.676. The third-order valence-corrected chi connectivity index (χ3v) is 2.20. The van der Waals surface area contributed by atoms with Crippen LogP contribution in [0.1, 0.15) is 6.92 Å². The summed E-state index contributed by atoms with van der Waals surface area (Å²) in [4.78, 5) is 16.9. The van der Waals surface area contributed by atoms with Crippen LogP contribution in [0.25, 0.3) is 0 Å². The third kappa shape index (κ3) is 2.12. The van der Waals surface area contributed by atoms with Gasteiger partial charge in [-0.25, -0.2) is 4.57 Å². The van der Waals surface area contributed by atoms with Crippen molar-refractivity contribution in [3.05, 3.63) is 11.2 Å². The minimum Gasteiger partial charge on any atom is -0.303 e. The van der Waals surface area contributed by atoms with E-state index in [9.17, 15) is 4.57 Å². The summed E-state index contributed by atoms with van der Waals surface area (Å²) in [5.41, 5.74) is -1.54. The van der Waals surface area contributed by atoms with E-state index in [1.54, 1.807) is 0 Å². The SMILES string of the molecule is CC1(OP(=O)(O)O)N=NC=C1Cl. The molecule has 0 radical (unpaired) electrons. The van der Waals surface area contributed by atoms with Gasteiger partial charge in [0.25, 0.3) is 0 Å². The van der Waals surface area contributed by atoms with E-state index < -0.39 is 13.5 Å². The molecular formula is C4H6ClN2O4P. The highest BCUT2D eigenvalue weighted by Crippen LogP contribution is 2.46. The fourth-order valence-electron chi connectivity index (χ4n) is 0.651. The maximum Gasteiger partial charge on any atom is 0.472 e. The summed E-state index contributed by atoms with van der Waals surface area (Å²) in [6.07, 6.45) is 1.16. The van der Waals surface area contributed by atoms with E-state index in [2.05, 4.69) is 14.8 Å². The first-order valence-electron chi connectivity index (χ1n) is 2.88. The largest absolute Gasteiger partial charge is 0.472 e. The molecule has 1 aliphatic rings. The molecule has 6 nitrogen and oxygen atoms in total. The van der Waals surface area contributed by atoms with Crippen molar-refractivity contribution < 1.29 is 18.9 Å². The lowest BCUT2D eigenvalue weighted by Gasteiger charge is -2.19. The van der Waals surface area contributed by atoms with Crippen LogP contribution in [-0.2, 0) is 9.09 Å². The van der Waals surface area contributed by atoms with Crippen LogP contribution in [0.2, 0.25) is 0 Å². The van der Waals surface area contributed by atoms with Crippen molar-refractivity contribution in [2.45, 2.75) is 12.6 Å². The number of phosphoric ester groups is 1. The summed E-state index contributed by atoms with van der Waals surface area (Å²) >= 11 is 5.53. The van der Waals surface area contributed by atoms with Crippen molar-refractivity contribution in [2.75, 3.05) is 0 Å². The van der Waals surface area contributed by atoms with E-state index >= 15 is 0 Å². The van der Waals surface area contributed by atoms with E-state index in [4.69, 9.17) is 21.4 Å². The van der Waals surface area contributed by atoms with Gasteiger partial charge in [-0.2, -0.15) is 5.11 Å². The van der Waals surface area contributed by atoms with Gasteiger partial charge in [-0.05, 0) is 6.92 Å². The molecule has 1 aliphatic heterocycles. The van der Waals surface area contributed by atoms with Crippen molar-refractivity contribution in [2.24, 2.45) is 10.2 Å². The second-order valence-electron chi connectivity index (χ2n) is 2.26. The lowest BCUT2D eigenvalue weighted by molar-refractivity contribution is 0.0911. The van der Waals surface area contributed by atoms with Crippen molar-refractivity contribution in [3.8, 4) is 0 Å². The zero-order valence-electron chi connectivity index (χ0n) is 6.01. The predicted molar refractivity (Wildman–Crippen MR) is 40.3 cm³/mol. The molecule has 1 rings (SSSR count). The lowest BCUT2D eigenvalue weighted by Crippen LogP contribution is -2.22. The Kier molecular flexibility index (Phi) is 2.38. The number of azo groups is 1. The van der Waals surface area contributed by atoms with Gasteiger partial charge in [0.2, 0.25) is 5.72 Å². The molecule has 0 aromatic carbocycles. The first kappa shape index (κ1) is 9.83. The molecule has 0 bridgehead atoms. The summed E-state index contributed by atoms with van der Waals surface area (Å²) in [6.45, 7) is 1.31. The maximum atomic E-state index is 10.4. The summed E-state index contributed by atoms with van der Waals surface area (Å²) in [6, 6.07) is 0. The number of halogens is 1. The Labute approximate surface area is 73.1 Å². The highest BCUT2D eigenvalue weighted by atomic mass is 35.5. The standard InChI is InChI=1S/C4H6ClN2O4P/c1-4(11-12(8,9)10)3(5)2-6-7-4/h2H,1H3,(H2,8,9,10). The molecule has 0 aromatic rings. The topological polar surface area (TPSA) is 91.5 Å². The Bertz CT molecular complexity index is 297. The van der Waals surface area contributed by atoms with Gasteiger partial charge in [0, 0.05) is 0 Å². The number of hydrogen-bond acceptors (Lipinski definition) is 4. The third-order valence-electron chi connectivity index (χ3n) is 1.16. The van der Waals surface area contributed by atoms with Crippen LogP contribution in [0.5, 0.6) is 0 Å². The van der Waals surface area contributed by atoms with Crippen LogP contribution < -0.4 is 0 Å². The average molecular weight is 213 g/mol. The molecular weight excluding hydrogens is 206 g/mol. The van der Waals surface area contributed by atoms with Gasteiger partial charge in [0.1, 0.15) is 0 Å². The Balaban J connectivity index is 2.82. The van der Waals surface area contributed by atoms with Gasteiger partial charge in [-0.3, -0.25) is 4.52 Å². The van der Waals surface area contributed by atoms with Crippen molar-refractivity contribution >= 4 is 19.4 Å². The molecule has 1 heterocycles. The molecule has 1 atom stereocenters. The highest BCUT2D eigenvalue weighted by molar-refractivity contribution is 7.46. The Hall–Kier alpha value is -0.260. The van der Waals surface area contributed by atoms with Gasteiger partial charge in [0.15, 0.2) is 0 Å². The molecule has 12 heavy (non-hydrogen) atoms. The van der Waals surface area contributed by atoms with Crippen LogP contribution in [0.4, 0.5) is 0 Å². The monoisotopic (exact) mass is 212 g/mol. The van der Waals surface area contributed by atoms with Crippen LogP contribution in [0.15, 0.2) is 21.5 Å². The van der Waals surface area contributed by atoms with E-state index in [1.807, 2.05) is 0 Å². The molecule has 68 valence electrons. The summed E-state index contributed by atoms with van der Waals surface area (Å²) < 4.78 is 14.7. The van der Waals surface area contributed by atoms with Gasteiger partial charge < -0.3 is 9.79 Å². The molecule has 2 N–H and O–H groups in total.